The van der Waals surface area contributed by atoms with Gasteiger partial charge in [0.2, 0.25) is 0 Å². The van der Waals surface area contributed by atoms with Crippen molar-refractivity contribution in [3.8, 4) is 0 Å². The Balaban J connectivity index is 1.64. The summed E-state index contributed by atoms with van der Waals surface area (Å²) in [5.41, 5.74) is 0. The number of nitrogens with zero attached hydrogens (tertiary/aromatic N) is 1. The van der Waals surface area contributed by atoms with Gasteiger partial charge < -0.3 is 10.2 Å². The first-order valence-corrected chi connectivity index (χ1v) is 8.67. The van der Waals surface area contributed by atoms with Crippen LogP contribution in [0.15, 0.2) is 0 Å². The zero-order valence-electron chi connectivity index (χ0n) is 13.3. The zero-order chi connectivity index (χ0) is 13.7. The summed E-state index contributed by atoms with van der Waals surface area (Å²) in [6, 6.07) is 1.62. The molecule has 2 nitrogen and oxygen atoms in total. The molecule has 0 aromatic carbocycles. The lowest BCUT2D eigenvalue weighted by Crippen LogP contribution is -2.47. The van der Waals surface area contributed by atoms with Crippen LogP contribution in [0.25, 0.3) is 0 Å². The molecule has 0 bridgehead atoms. The summed E-state index contributed by atoms with van der Waals surface area (Å²) in [4.78, 5) is 2.63. The first-order valence-electron chi connectivity index (χ1n) is 8.67. The first-order chi connectivity index (χ1) is 9.19. The molecule has 1 aliphatic carbocycles. The quantitative estimate of drug-likeness (QED) is 0.817. The second-order valence-electron chi connectivity index (χ2n) is 7.14. The lowest BCUT2D eigenvalue weighted by molar-refractivity contribution is 0.171. The summed E-state index contributed by atoms with van der Waals surface area (Å²) in [7, 11) is 0. The summed E-state index contributed by atoms with van der Waals surface area (Å²) in [6.07, 6.45) is 9.76. The lowest BCUT2D eigenvalue weighted by Gasteiger charge is -2.37. The van der Waals surface area contributed by atoms with Gasteiger partial charge in [0.25, 0.3) is 0 Å². The van der Waals surface area contributed by atoms with Gasteiger partial charge in [0, 0.05) is 12.1 Å². The molecule has 1 aliphatic heterocycles. The Bertz CT molecular complexity index is 236. The van der Waals surface area contributed by atoms with Crippen LogP contribution in [-0.2, 0) is 0 Å². The number of hydrogen-bond acceptors (Lipinski definition) is 2. The molecule has 112 valence electrons. The molecular weight excluding hydrogens is 232 g/mol. The van der Waals surface area contributed by atoms with Gasteiger partial charge >= 0.3 is 0 Å². The Morgan fingerprint density at radius 1 is 0.947 bits per heavy atom. The fourth-order valence-corrected chi connectivity index (χ4v) is 3.93. The van der Waals surface area contributed by atoms with Crippen LogP contribution >= 0.6 is 0 Å². The molecular formula is C17H34N2. The van der Waals surface area contributed by atoms with Gasteiger partial charge in [-0.1, -0.05) is 20.8 Å². The standard InChI is InChI=1S/C17H34N2/c1-4-11-19-12-9-17(10-13-19)18-16-7-5-15(6-8-16)14(2)3/h14-18H,4-13H2,1-3H3. The maximum Gasteiger partial charge on any atom is 0.00940 e. The van der Waals surface area contributed by atoms with E-state index in [2.05, 4.69) is 31.0 Å². The Labute approximate surface area is 120 Å². The van der Waals surface area contributed by atoms with Crippen molar-refractivity contribution in [1.82, 2.24) is 10.2 Å². The van der Waals surface area contributed by atoms with E-state index in [4.69, 9.17) is 0 Å². The Kier molecular flexibility index (Phi) is 6.15. The predicted molar refractivity (Wildman–Crippen MR) is 83.5 cm³/mol. The van der Waals surface area contributed by atoms with Gasteiger partial charge in [-0.3, -0.25) is 0 Å². The zero-order valence-corrected chi connectivity index (χ0v) is 13.3. The third-order valence-corrected chi connectivity index (χ3v) is 5.31. The van der Waals surface area contributed by atoms with Gasteiger partial charge in [-0.25, -0.2) is 0 Å². The highest BCUT2D eigenvalue weighted by molar-refractivity contribution is 4.84. The van der Waals surface area contributed by atoms with Gasteiger partial charge in [0.1, 0.15) is 0 Å². The molecule has 0 radical (unpaired) electrons. The van der Waals surface area contributed by atoms with Crippen molar-refractivity contribution >= 4 is 0 Å². The second-order valence-corrected chi connectivity index (χ2v) is 7.14. The smallest absolute Gasteiger partial charge is 0.00940 e. The number of hydrogen-bond donors (Lipinski definition) is 1. The normalized spacial score (nSPS) is 30.9. The van der Waals surface area contributed by atoms with Gasteiger partial charge in [-0.15, -0.1) is 0 Å². The van der Waals surface area contributed by atoms with E-state index in [0.717, 1.165) is 23.9 Å². The van der Waals surface area contributed by atoms with Gasteiger partial charge in [0.15, 0.2) is 0 Å². The van der Waals surface area contributed by atoms with Crippen LogP contribution in [0.1, 0.15) is 65.7 Å². The molecule has 0 amide bonds. The minimum atomic E-state index is 0.800. The topological polar surface area (TPSA) is 15.3 Å². The molecule has 2 aliphatic rings. The molecule has 1 N–H and O–H groups in total. The van der Waals surface area contributed by atoms with E-state index < -0.39 is 0 Å². The molecule has 0 aromatic heterocycles. The van der Waals surface area contributed by atoms with Crippen LogP contribution in [0.3, 0.4) is 0 Å². The van der Waals surface area contributed by atoms with E-state index in [-0.39, 0.29) is 0 Å². The van der Waals surface area contributed by atoms with Crippen molar-refractivity contribution in [3.05, 3.63) is 0 Å². The maximum atomic E-state index is 3.95. The van der Waals surface area contributed by atoms with Crippen molar-refractivity contribution in [2.45, 2.75) is 77.8 Å². The second kappa shape index (κ2) is 7.64. The third-order valence-electron chi connectivity index (χ3n) is 5.31. The van der Waals surface area contributed by atoms with Gasteiger partial charge in [0.05, 0.1) is 0 Å². The van der Waals surface area contributed by atoms with Crippen molar-refractivity contribution in [1.29, 1.82) is 0 Å². The highest BCUT2D eigenvalue weighted by atomic mass is 15.1. The van der Waals surface area contributed by atoms with Gasteiger partial charge in [-0.2, -0.15) is 0 Å². The van der Waals surface area contributed by atoms with Crippen molar-refractivity contribution < 1.29 is 0 Å². The molecule has 2 fully saturated rings. The van der Waals surface area contributed by atoms with E-state index in [0.29, 0.717) is 0 Å². The van der Waals surface area contributed by atoms with Crippen LogP contribution in [0, 0.1) is 11.8 Å². The van der Waals surface area contributed by atoms with Gasteiger partial charge in [-0.05, 0) is 76.4 Å². The summed E-state index contributed by atoms with van der Waals surface area (Å²) >= 11 is 0. The molecule has 1 saturated heterocycles. The van der Waals surface area contributed by atoms with Crippen LogP contribution < -0.4 is 5.32 Å². The Hall–Kier alpha value is -0.0800. The van der Waals surface area contributed by atoms with E-state index >= 15 is 0 Å². The lowest BCUT2D eigenvalue weighted by atomic mass is 9.79. The SMILES string of the molecule is CCCN1CCC(NC2CCC(C(C)C)CC2)CC1. The van der Waals surface area contributed by atoms with E-state index in [1.165, 1.54) is 64.6 Å². The summed E-state index contributed by atoms with van der Waals surface area (Å²) in [5, 5.41) is 3.95. The fourth-order valence-electron chi connectivity index (χ4n) is 3.93. The fraction of sp³-hybridized carbons (Fsp3) is 1.00. The molecule has 1 heterocycles. The molecule has 1 saturated carbocycles. The monoisotopic (exact) mass is 266 g/mol. The van der Waals surface area contributed by atoms with E-state index in [9.17, 15) is 0 Å². The first kappa shape index (κ1) is 15.3. The molecule has 0 spiro atoms. The molecule has 19 heavy (non-hydrogen) atoms. The molecule has 2 heteroatoms. The number of likely N-dealkylation sites (tertiary alicyclic amines) is 1. The van der Waals surface area contributed by atoms with Crippen molar-refractivity contribution in [3.63, 3.8) is 0 Å². The number of rotatable bonds is 5. The maximum absolute atomic E-state index is 3.95. The molecule has 0 unspecified atom stereocenters. The third kappa shape index (κ3) is 4.75. The van der Waals surface area contributed by atoms with E-state index in [1.54, 1.807) is 0 Å². The highest BCUT2D eigenvalue weighted by Crippen LogP contribution is 2.30. The molecule has 2 rings (SSSR count). The Morgan fingerprint density at radius 2 is 1.53 bits per heavy atom. The minimum absolute atomic E-state index is 0.800. The minimum Gasteiger partial charge on any atom is -0.311 e. The number of piperidine rings is 1. The Morgan fingerprint density at radius 3 is 2.05 bits per heavy atom. The van der Waals surface area contributed by atoms with Crippen LogP contribution in [0.5, 0.6) is 0 Å². The largest absolute Gasteiger partial charge is 0.311 e. The van der Waals surface area contributed by atoms with Crippen LogP contribution in [-0.4, -0.2) is 36.6 Å². The molecule has 0 atom stereocenters. The predicted octanol–water partition coefficient (Wildman–Crippen LogP) is 3.67. The van der Waals surface area contributed by atoms with Crippen molar-refractivity contribution in [2.75, 3.05) is 19.6 Å². The molecule has 0 aromatic rings. The summed E-state index contributed by atoms with van der Waals surface area (Å²) < 4.78 is 0. The summed E-state index contributed by atoms with van der Waals surface area (Å²) in [6.45, 7) is 11.0. The van der Waals surface area contributed by atoms with E-state index in [1.807, 2.05) is 0 Å². The summed E-state index contributed by atoms with van der Waals surface area (Å²) in [5.74, 6) is 1.88. The number of nitrogens with one attached hydrogen (secondary N) is 1. The average molecular weight is 266 g/mol. The van der Waals surface area contributed by atoms with Crippen LogP contribution in [0.2, 0.25) is 0 Å². The van der Waals surface area contributed by atoms with Crippen LogP contribution in [0.4, 0.5) is 0 Å². The highest BCUT2D eigenvalue weighted by Gasteiger charge is 2.26. The average Bonchev–Trinajstić information content (AvgIpc) is 2.42. The van der Waals surface area contributed by atoms with Crippen molar-refractivity contribution in [2.24, 2.45) is 11.8 Å².